The molecule has 0 fully saturated rings. The molecule has 116 valence electrons. The summed E-state index contributed by atoms with van der Waals surface area (Å²) in [5.41, 5.74) is 1.80. The summed E-state index contributed by atoms with van der Waals surface area (Å²) < 4.78 is 25.9. The molecule has 3 heterocycles. The molecule has 5 nitrogen and oxygen atoms in total. The van der Waals surface area contributed by atoms with Crippen LogP contribution in [0.4, 0.5) is 0 Å². The van der Waals surface area contributed by atoms with Gasteiger partial charge in [-0.25, -0.2) is 17.7 Å². The first-order valence-corrected chi connectivity index (χ1v) is 9.97. The zero-order valence-corrected chi connectivity index (χ0v) is 14.1. The Hall–Kier alpha value is -2.03. The van der Waals surface area contributed by atoms with Crippen molar-refractivity contribution in [3.05, 3.63) is 57.7 Å². The van der Waals surface area contributed by atoms with E-state index in [4.69, 9.17) is 0 Å². The Balaban J connectivity index is 1.67. The van der Waals surface area contributed by atoms with E-state index in [1.165, 1.54) is 23.5 Å². The molecule has 1 amide bonds. The zero-order chi connectivity index (χ0) is 16.0. The number of aromatic nitrogens is 1. The fraction of sp³-hybridized carbons (Fsp3) is 0.0667. The topological polar surface area (TPSA) is 67.3 Å². The molecular weight excluding hydrogens is 352 g/mol. The van der Waals surface area contributed by atoms with E-state index < -0.39 is 15.9 Å². The van der Waals surface area contributed by atoms with Gasteiger partial charge in [-0.15, -0.1) is 11.3 Å². The van der Waals surface area contributed by atoms with E-state index in [0.717, 1.165) is 14.9 Å². The van der Waals surface area contributed by atoms with Crippen molar-refractivity contribution in [2.75, 3.05) is 0 Å². The summed E-state index contributed by atoms with van der Waals surface area (Å²) >= 11 is 3.01. The molecular formula is C15H10N2O3S3. The normalized spacial score (nSPS) is 15.8. The van der Waals surface area contributed by atoms with E-state index in [9.17, 15) is 13.2 Å². The van der Waals surface area contributed by atoms with Crippen molar-refractivity contribution in [1.82, 2.24) is 9.29 Å². The van der Waals surface area contributed by atoms with Crippen LogP contribution in [-0.4, -0.2) is 23.6 Å². The number of thiophene rings is 1. The smallest absolute Gasteiger partial charge is 0.268 e. The average Bonchev–Trinajstić information content (AvgIpc) is 3.25. The van der Waals surface area contributed by atoms with Gasteiger partial charge in [0.1, 0.15) is 9.90 Å². The number of nitrogens with zero attached hydrogens (tertiary/aromatic N) is 2. The highest BCUT2D eigenvalue weighted by atomic mass is 32.2. The van der Waals surface area contributed by atoms with E-state index in [0.29, 0.717) is 5.69 Å². The minimum Gasteiger partial charge on any atom is -0.268 e. The molecule has 2 aromatic heterocycles. The molecule has 0 spiro atoms. The van der Waals surface area contributed by atoms with Gasteiger partial charge in [0, 0.05) is 16.3 Å². The number of thiazole rings is 1. The van der Waals surface area contributed by atoms with Crippen LogP contribution in [0.15, 0.2) is 51.4 Å². The SMILES string of the molecule is O=C1c2ccccc2S(=O)(=O)N1Cc1csc(-c2ccsc2)n1. The van der Waals surface area contributed by atoms with Gasteiger partial charge in [-0.05, 0) is 23.6 Å². The third kappa shape index (κ3) is 2.30. The molecule has 3 aromatic rings. The Bertz CT molecular complexity index is 991. The van der Waals surface area contributed by atoms with Gasteiger partial charge in [0.05, 0.1) is 17.8 Å². The molecule has 1 aliphatic heterocycles. The first-order valence-electron chi connectivity index (χ1n) is 6.70. The lowest BCUT2D eigenvalue weighted by Gasteiger charge is -2.13. The minimum atomic E-state index is -3.79. The third-order valence-electron chi connectivity index (χ3n) is 3.54. The zero-order valence-electron chi connectivity index (χ0n) is 11.7. The van der Waals surface area contributed by atoms with Crippen LogP contribution in [0.5, 0.6) is 0 Å². The predicted molar refractivity (Wildman–Crippen MR) is 88.9 cm³/mol. The molecule has 8 heteroatoms. The van der Waals surface area contributed by atoms with Gasteiger partial charge in [0.25, 0.3) is 15.9 Å². The summed E-state index contributed by atoms with van der Waals surface area (Å²) in [6, 6.07) is 8.23. The van der Waals surface area contributed by atoms with Crippen LogP contribution in [0.25, 0.3) is 10.6 Å². The van der Waals surface area contributed by atoms with Crippen molar-refractivity contribution in [2.24, 2.45) is 0 Å². The molecule has 4 rings (SSSR count). The lowest BCUT2D eigenvalue weighted by atomic mass is 10.2. The van der Waals surface area contributed by atoms with Crippen LogP contribution >= 0.6 is 22.7 Å². The van der Waals surface area contributed by atoms with Crippen molar-refractivity contribution < 1.29 is 13.2 Å². The summed E-state index contributed by atoms with van der Waals surface area (Å²) in [4.78, 5) is 16.9. The van der Waals surface area contributed by atoms with Crippen molar-refractivity contribution >= 4 is 38.6 Å². The molecule has 0 unspecified atom stereocenters. The van der Waals surface area contributed by atoms with Gasteiger partial charge in [-0.2, -0.15) is 11.3 Å². The Kier molecular flexibility index (Phi) is 3.33. The monoisotopic (exact) mass is 362 g/mol. The van der Waals surface area contributed by atoms with Crippen LogP contribution < -0.4 is 0 Å². The number of fused-ring (bicyclic) bond motifs is 1. The molecule has 0 radical (unpaired) electrons. The van der Waals surface area contributed by atoms with Gasteiger partial charge in [0.15, 0.2) is 0 Å². The molecule has 1 aliphatic rings. The van der Waals surface area contributed by atoms with Crippen LogP contribution in [0.1, 0.15) is 16.1 Å². The number of hydrogen-bond donors (Lipinski definition) is 0. The van der Waals surface area contributed by atoms with E-state index in [1.54, 1.807) is 28.8 Å². The maximum Gasteiger partial charge on any atom is 0.269 e. The molecule has 23 heavy (non-hydrogen) atoms. The summed E-state index contributed by atoms with van der Waals surface area (Å²) in [6.07, 6.45) is 0. The van der Waals surface area contributed by atoms with Gasteiger partial charge >= 0.3 is 0 Å². The molecule has 0 bridgehead atoms. The van der Waals surface area contributed by atoms with Gasteiger partial charge in [-0.1, -0.05) is 12.1 Å². The number of carbonyl (C=O) groups is 1. The van der Waals surface area contributed by atoms with E-state index in [-0.39, 0.29) is 17.0 Å². The highest BCUT2D eigenvalue weighted by Crippen LogP contribution is 2.32. The van der Waals surface area contributed by atoms with Crippen LogP contribution in [0, 0.1) is 0 Å². The quantitative estimate of drug-likeness (QED) is 0.717. The number of amides is 1. The molecule has 0 saturated heterocycles. The summed E-state index contributed by atoms with van der Waals surface area (Å²) in [5.74, 6) is -0.495. The van der Waals surface area contributed by atoms with E-state index >= 15 is 0 Å². The van der Waals surface area contributed by atoms with E-state index in [1.807, 2.05) is 16.8 Å². The average molecular weight is 362 g/mol. The minimum absolute atomic E-state index is 0.0452. The summed E-state index contributed by atoms with van der Waals surface area (Å²) in [7, 11) is -3.79. The lowest BCUT2D eigenvalue weighted by Crippen LogP contribution is -2.29. The highest BCUT2D eigenvalue weighted by Gasteiger charge is 2.41. The summed E-state index contributed by atoms with van der Waals surface area (Å²) in [6.45, 7) is -0.0452. The third-order valence-corrected chi connectivity index (χ3v) is 6.95. The Labute approximate surface area is 140 Å². The molecule has 0 aliphatic carbocycles. The summed E-state index contributed by atoms with van der Waals surface area (Å²) in [5, 5.41) is 6.55. The van der Waals surface area contributed by atoms with Crippen molar-refractivity contribution in [1.29, 1.82) is 0 Å². The Morgan fingerprint density at radius 1 is 1.13 bits per heavy atom. The highest BCUT2D eigenvalue weighted by molar-refractivity contribution is 7.90. The lowest BCUT2D eigenvalue weighted by molar-refractivity contribution is 0.0864. The second-order valence-corrected chi connectivity index (χ2v) is 8.44. The Morgan fingerprint density at radius 3 is 2.70 bits per heavy atom. The number of sulfonamides is 1. The Morgan fingerprint density at radius 2 is 1.96 bits per heavy atom. The van der Waals surface area contributed by atoms with Crippen molar-refractivity contribution in [3.63, 3.8) is 0 Å². The van der Waals surface area contributed by atoms with Crippen molar-refractivity contribution in [3.8, 4) is 10.6 Å². The van der Waals surface area contributed by atoms with Gasteiger partial charge in [0.2, 0.25) is 0 Å². The van der Waals surface area contributed by atoms with Gasteiger partial charge < -0.3 is 0 Å². The van der Waals surface area contributed by atoms with E-state index in [2.05, 4.69) is 4.98 Å². The first kappa shape index (κ1) is 14.6. The standard InChI is InChI=1S/C15H10N2O3S3/c18-15-12-3-1-2-4-13(12)23(19,20)17(15)7-11-9-22-14(16-11)10-5-6-21-8-10/h1-6,8-9H,7H2. The van der Waals surface area contributed by atoms with Gasteiger partial charge in [-0.3, -0.25) is 4.79 Å². The molecule has 0 saturated carbocycles. The van der Waals surface area contributed by atoms with Crippen LogP contribution in [0.3, 0.4) is 0 Å². The number of benzene rings is 1. The fourth-order valence-corrected chi connectivity index (χ4v) is 5.50. The number of hydrogen-bond acceptors (Lipinski definition) is 6. The maximum absolute atomic E-state index is 12.5. The van der Waals surface area contributed by atoms with Crippen LogP contribution in [0.2, 0.25) is 0 Å². The fourth-order valence-electron chi connectivity index (χ4n) is 2.43. The second kappa shape index (κ2) is 5.26. The number of rotatable bonds is 3. The maximum atomic E-state index is 12.5. The number of carbonyl (C=O) groups excluding carboxylic acids is 1. The van der Waals surface area contributed by atoms with Crippen LogP contribution in [-0.2, 0) is 16.6 Å². The predicted octanol–water partition coefficient (Wildman–Crippen LogP) is 3.22. The largest absolute Gasteiger partial charge is 0.269 e. The second-order valence-electron chi connectivity index (χ2n) is 4.97. The first-order chi connectivity index (χ1) is 11.1. The molecule has 0 atom stereocenters. The molecule has 1 aromatic carbocycles. The molecule has 0 N–H and O–H groups in total. The van der Waals surface area contributed by atoms with Crippen molar-refractivity contribution in [2.45, 2.75) is 11.4 Å².